The number of aromatic nitrogens is 3. The first kappa shape index (κ1) is 10.9. The maximum Gasteiger partial charge on any atom is 0.157 e. The second-order valence-electron chi connectivity index (χ2n) is 3.34. The van der Waals surface area contributed by atoms with Crippen molar-refractivity contribution in [2.75, 3.05) is 4.72 Å². The molecule has 2 aromatic rings. The van der Waals surface area contributed by atoms with Gasteiger partial charge in [-0.25, -0.2) is 4.39 Å². The average Bonchev–Trinajstić information content (AvgIpc) is 2.77. The maximum absolute atomic E-state index is 13.5. The highest BCUT2D eigenvalue weighted by molar-refractivity contribution is 7.81. The molecule has 0 spiro atoms. The monoisotopic (exact) mass is 238 g/mol. The Labute approximate surface area is 98.1 Å². The van der Waals surface area contributed by atoms with Crippen molar-refractivity contribution < 1.29 is 4.39 Å². The third-order valence-electron chi connectivity index (χ3n) is 2.30. The van der Waals surface area contributed by atoms with Crippen LogP contribution in [0.15, 0.2) is 30.6 Å². The molecule has 84 valence electrons. The molecule has 2 heterocycles. The van der Waals surface area contributed by atoms with E-state index in [1.165, 1.54) is 6.07 Å². The van der Waals surface area contributed by atoms with Crippen molar-refractivity contribution in [1.29, 1.82) is 0 Å². The van der Waals surface area contributed by atoms with Crippen LogP contribution in [0.1, 0.15) is 18.7 Å². The van der Waals surface area contributed by atoms with E-state index < -0.39 is 0 Å². The van der Waals surface area contributed by atoms with Gasteiger partial charge in [-0.15, -0.1) is 0 Å². The number of thiol groups is 1. The van der Waals surface area contributed by atoms with Gasteiger partial charge in [-0.1, -0.05) is 12.8 Å². The number of halogens is 1. The Kier molecular flexibility index (Phi) is 3.09. The van der Waals surface area contributed by atoms with E-state index in [-0.39, 0.29) is 11.9 Å². The van der Waals surface area contributed by atoms with Crippen LogP contribution in [0.5, 0.6) is 0 Å². The zero-order chi connectivity index (χ0) is 11.5. The van der Waals surface area contributed by atoms with Crippen LogP contribution >= 0.6 is 12.8 Å². The van der Waals surface area contributed by atoms with E-state index in [1.807, 2.05) is 6.92 Å². The number of pyridine rings is 1. The van der Waals surface area contributed by atoms with E-state index in [4.69, 9.17) is 0 Å². The molecule has 0 bridgehead atoms. The first-order valence-electron chi connectivity index (χ1n) is 4.78. The predicted molar refractivity (Wildman–Crippen MR) is 62.8 cm³/mol. The van der Waals surface area contributed by atoms with Gasteiger partial charge in [0.2, 0.25) is 0 Å². The first-order chi connectivity index (χ1) is 7.72. The zero-order valence-electron chi connectivity index (χ0n) is 8.63. The molecular weight excluding hydrogens is 227 g/mol. The van der Waals surface area contributed by atoms with Gasteiger partial charge < -0.3 is 4.72 Å². The summed E-state index contributed by atoms with van der Waals surface area (Å²) < 4.78 is 17.7. The Morgan fingerprint density at radius 2 is 2.31 bits per heavy atom. The fourth-order valence-electron chi connectivity index (χ4n) is 1.44. The lowest BCUT2D eigenvalue weighted by Gasteiger charge is -2.11. The third-order valence-corrected chi connectivity index (χ3v) is 2.53. The van der Waals surface area contributed by atoms with Crippen molar-refractivity contribution in [2.45, 2.75) is 13.0 Å². The van der Waals surface area contributed by atoms with Gasteiger partial charge in [-0.05, 0) is 19.1 Å². The highest BCUT2D eigenvalue weighted by atomic mass is 32.1. The summed E-state index contributed by atoms with van der Waals surface area (Å²) in [4.78, 5) is 4.01. The Balaban J connectivity index is 2.31. The van der Waals surface area contributed by atoms with Crippen molar-refractivity contribution in [1.82, 2.24) is 14.8 Å². The largest absolute Gasteiger partial charge is 0.316 e. The number of hydrogen-bond acceptors (Lipinski definition) is 4. The maximum atomic E-state index is 13.5. The van der Waals surface area contributed by atoms with Gasteiger partial charge in [0.05, 0.1) is 6.04 Å². The number of anilines is 1. The molecule has 0 amide bonds. The summed E-state index contributed by atoms with van der Waals surface area (Å²) in [7, 11) is 0. The standard InChI is InChI=1S/C10H11FN4S/c1-7(10-8(11)3-2-5-12-10)15-6-4-9(13-15)14-16/h2-7,16H,1H3,(H,13,14). The molecule has 0 aliphatic rings. The van der Waals surface area contributed by atoms with Crippen LogP contribution in [0.3, 0.4) is 0 Å². The van der Waals surface area contributed by atoms with Crippen molar-refractivity contribution in [3.63, 3.8) is 0 Å². The van der Waals surface area contributed by atoms with Crippen LogP contribution < -0.4 is 4.72 Å². The van der Waals surface area contributed by atoms with E-state index in [2.05, 4.69) is 27.6 Å². The molecule has 2 aromatic heterocycles. The third kappa shape index (κ3) is 2.01. The Bertz CT molecular complexity index is 485. The predicted octanol–water partition coefficient (Wildman–Crippen LogP) is 2.28. The summed E-state index contributed by atoms with van der Waals surface area (Å²) in [6.45, 7) is 1.83. The van der Waals surface area contributed by atoms with Gasteiger partial charge in [0.25, 0.3) is 0 Å². The van der Waals surface area contributed by atoms with E-state index >= 15 is 0 Å². The molecule has 6 heteroatoms. The first-order valence-corrected chi connectivity index (χ1v) is 5.22. The van der Waals surface area contributed by atoms with Crippen molar-refractivity contribution in [3.8, 4) is 0 Å². The normalized spacial score (nSPS) is 12.4. The Hall–Kier alpha value is -1.56. The van der Waals surface area contributed by atoms with Crippen LogP contribution in [0, 0.1) is 5.82 Å². The summed E-state index contributed by atoms with van der Waals surface area (Å²) >= 11 is 3.88. The summed E-state index contributed by atoms with van der Waals surface area (Å²) in [6.07, 6.45) is 3.31. The number of rotatable bonds is 3. The number of nitrogens with zero attached hydrogens (tertiary/aromatic N) is 3. The van der Waals surface area contributed by atoms with Gasteiger partial charge in [-0.2, -0.15) is 5.10 Å². The molecule has 0 saturated heterocycles. The van der Waals surface area contributed by atoms with E-state index in [9.17, 15) is 4.39 Å². The van der Waals surface area contributed by atoms with Gasteiger partial charge in [0, 0.05) is 18.5 Å². The minimum absolute atomic E-state index is 0.253. The van der Waals surface area contributed by atoms with Crippen LogP contribution in [0.25, 0.3) is 0 Å². The van der Waals surface area contributed by atoms with Crippen LogP contribution in [0.2, 0.25) is 0 Å². The molecular formula is C10H11FN4S. The zero-order valence-corrected chi connectivity index (χ0v) is 9.53. The van der Waals surface area contributed by atoms with Gasteiger partial charge in [0.1, 0.15) is 11.5 Å². The SMILES string of the molecule is CC(c1ncccc1F)n1ccc(NS)n1. The fraction of sp³-hybridized carbons (Fsp3) is 0.200. The Morgan fingerprint density at radius 1 is 1.50 bits per heavy atom. The van der Waals surface area contributed by atoms with Crippen molar-refractivity contribution in [2.24, 2.45) is 0 Å². The topological polar surface area (TPSA) is 42.7 Å². The van der Waals surface area contributed by atoms with Gasteiger partial charge in [-0.3, -0.25) is 9.67 Å². The van der Waals surface area contributed by atoms with Crippen LogP contribution in [-0.4, -0.2) is 14.8 Å². The van der Waals surface area contributed by atoms with E-state index in [0.717, 1.165) is 0 Å². The molecule has 16 heavy (non-hydrogen) atoms. The second-order valence-corrected chi connectivity index (χ2v) is 3.56. The summed E-state index contributed by atoms with van der Waals surface area (Å²) in [5.74, 6) is 0.289. The van der Waals surface area contributed by atoms with E-state index in [1.54, 1.807) is 29.2 Å². The van der Waals surface area contributed by atoms with Crippen LogP contribution in [-0.2, 0) is 0 Å². The quantitative estimate of drug-likeness (QED) is 0.806. The molecule has 1 unspecified atom stereocenters. The van der Waals surface area contributed by atoms with Crippen molar-refractivity contribution >= 4 is 18.6 Å². The highest BCUT2D eigenvalue weighted by Crippen LogP contribution is 2.18. The lowest BCUT2D eigenvalue weighted by molar-refractivity contribution is 0.506. The summed E-state index contributed by atoms with van der Waals surface area (Å²) in [5, 5.41) is 4.17. The summed E-state index contributed by atoms with van der Waals surface area (Å²) in [5.41, 5.74) is 0.372. The molecule has 0 aliphatic heterocycles. The lowest BCUT2D eigenvalue weighted by atomic mass is 10.2. The van der Waals surface area contributed by atoms with Crippen molar-refractivity contribution in [3.05, 3.63) is 42.1 Å². The van der Waals surface area contributed by atoms with Gasteiger partial charge >= 0.3 is 0 Å². The molecule has 4 nitrogen and oxygen atoms in total. The minimum atomic E-state index is -0.328. The molecule has 1 N–H and O–H groups in total. The highest BCUT2D eigenvalue weighted by Gasteiger charge is 2.14. The second kappa shape index (κ2) is 4.52. The Morgan fingerprint density at radius 3 is 2.94 bits per heavy atom. The summed E-state index contributed by atoms with van der Waals surface area (Å²) in [6, 6.07) is 4.46. The molecule has 0 fully saturated rings. The molecule has 1 atom stereocenters. The number of hydrogen-bond donors (Lipinski definition) is 2. The van der Waals surface area contributed by atoms with Gasteiger partial charge in [0.15, 0.2) is 5.82 Å². The molecule has 0 aromatic carbocycles. The molecule has 0 radical (unpaired) electrons. The van der Waals surface area contributed by atoms with Crippen LogP contribution in [0.4, 0.5) is 10.2 Å². The molecule has 0 saturated carbocycles. The number of nitrogens with one attached hydrogen (secondary N) is 1. The minimum Gasteiger partial charge on any atom is -0.316 e. The fourth-order valence-corrected chi connectivity index (χ4v) is 1.56. The molecule has 2 rings (SSSR count). The lowest BCUT2D eigenvalue weighted by Crippen LogP contribution is -2.11. The van der Waals surface area contributed by atoms with E-state index in [0.29, 0.717) is 11.5 Å². The molecule has 0 aliphatic carbocycles. The smallest absolute Gasteiger partial charge is 0.157 e. The average molecular weight is 238 g/mol.